The van der Waals surface area contributed by atoms with Crippen molar-refractivity contribution in [2.24, 2.45) is 0 Å². The third kappa shape index (κ3) is 6.22. The lowest BCUT2D eigenvalue weighted by Gasteiger charge is -2.35. The van der Waals surface area contributed by atoms with Gasteiger partial charge in [0.1, 0.15) is 0 Å². The van der Waals surface area contributed by atoms with Crippen molar-refractivity contribution < 1.29 is 0 Å². The highest BCUT2D eigenvalue weighted by Gasteiger charge is 2.46. The van der Waals surface area contributed by atoms with Crippen molar-refractivity contribution in [1.29, 1.82) is 0 Å². The molecule has 0 amide bonds. The van der Waals surface area contributed by atoms with Crippen LogP contribution in [0.5, 0.6) is 0 Å². The zero-order valence-corrected chi connectivity index (χ0v) is 36.6. The van der Waals surface area contributed by atoms with Crippen molar-refractivity contribution in [2.75, 3.05) is 4.90 Å². The topological polar surface area (TPSA) is 3.24 Å². The summed E-state index contributed by atoms with van der Waals surface area (Å²) in [5.41, 5.74) is 23.0. The Morgan fingerprint density at radius 1 is 0.262 bits per heavy atom. The minimum atomic E-state index is -0.506. The van der Waals surface area contributed by atoms with E-state index in [1.54, 1.807) is 0 Å². The molecule has 0 N–H and O–H groups in total. The highest BCUT2D eigenvalue weighted by Crippen LogP contribution is 2.58. The summed E-state index contributed by atoms with van der Waals surface area (Å²) in [7, 11) is 0. The molecule has 1 nitrogen and oxygen atoms in total. The fourth-order valence-electron chi connectivity index (χ4n) is 11.0. The van der Waals surface area contributed by atoms with E-state index in [0.29, 0.717) is 0 Å². The smallest absolute Gasteiger partial charge is 0.0714 e. The zero-order valence-electron chi connectivity index (χ0n) is 36.6. The molecule has 12 rings (SSSR count). The molecule has 0 atom stereocenters. The van der Waals surface area contributed by atoms with Crippen molar-refractivity contribution in [3.05, 3.63) is 282 Å². The van der Waals surface area contributed by atoms with Crippen molar-refractivity contribution in [3.8, 4) is 55.6 Å². The molecule has 10 aromatic carbocycles. The van der Waals surface area contributed by atoms with Gasteiger partial charge in [-0.05, 0) is 131 Å². The molecule has 0 unspecified atom stereocenters. The third-order valence-electron chi connectivity index (χ3n) is 14.2. The molecule has 0 bridgehead atoms. The molecule has 0 saturated heterocycles. The summed E-state index contributed by atoms with van der Waals surface area (Å²) in [6.07, 6.45) is 0. The SMILES string of the molecule is CC1(C)c2cc(-c3ccc(-c4ccccc4)cc3)ccc2-c2ccc(N(c3ccc(-c4ccccc4)cc3)c3ccc4c(c3)C(c3ccccc3)(c3ccccc3)c3ccccc3-4)cc21. The molecule has 0 radical (unpaired) electrons. The van der Waals surface area contributed by atoms with Gasteiger partial charge in [0.05, 0.1) is 5.41 Å². The number of rotatable bonds is 8. The van der Waals surface area contributed by atoms with E-state index in [1.165, 1.54) is 89.0 Å². The molecule has 65 heavy (non-hydrogen) atoms. The van der Waals surface area contributed by atoms with E-state index >= 15 is 0 Å². The van der Waals surface area contributed by atoms with Gasteiger partial charge in [0.15, 0.2) is 0 Å². The number of anilines is 3. The zero-order chi connectivity index (χ0) is 43.5. The first kappa shape index (κ1) is 38.7. The molecule has 0 saturated carbocycles. The first-order valence-electron chi connectivity index (χ1n) is 22.7. The Morgan fingerprint density at radius 2 is 0.615 bits per heavy atom. The molecule has 0 spiro atoms. The lowest BCUT2D eigenvalue weighted by atomic mass is 9.67. The van der Waals surface area contributed by atoms with Gasteiger partial charge in [-0.15, -0.1) is 0 Å². The summed E-state index contributed by atoms with van der Waals surface area (Å²) >= 11 is 0. The van der Waals surface area contributed by atoms with Crippen LogP contribution in [-0.4, -0.2) is 0 Å². The Kier molecular flexibility index (Phi) is 9.14. The second-order valence-corrected chi connectivity index (χ2v) is 18.1. The monoisotopic (exact) mass is 829 g/mol. The molecule has 0 heterocycles. The average Bonchev–Trinajstić information content (AvgIpc) is 3.80. The molecule has 2 aliphatic rings. The number of nitrogens with zero attached hydrogens (tertiary/aromatic N) is 1. The van der Waals surface area contributed by atoms with E-state index < -0.39 is 5.41 Å². The number of benzene rings is 10. The van der Waals surface area contributed by atoms with Crippen LogP contribution >= 0.6 is 0 Å². The Morgan fingerprint density at radius 3 is 1.17 bits per heavy atom. The summed E-state index contributed by atoms with van der Waals surface area (Å²) < 4.78 is 0. The molecule has 1 heteroatoms. The van der Waals surface area contributed by atoms with Crippen molar-refractivity contribution >= 4 is 17.1 Å². The quantitative estimate of drug-likeness (QED) is 0.147. The number of fused-ring (bicyclic) bond motifs is 6. The van der Waals surface area contributed by atoms with Crippen LogP contribution in [0.4, 0.5) is 17.1 Å². The molecule has 308 valence electrons. The maximum atomic E-state index is 2.48. The minimum Gasteiger partial charge on any atom is -0.310 e. The molecule has 2 aliphatic carbocycles. The van der Waals surface area contributed by atoms with Crippen LogP contribution < -0.4 is 4.90 Å². The first-order chi connectivity index (χ1) is 32.0. The molecular weight excluding hydrogens is 783 g/mol. The van der Waals surface area contributed by atoms with Gasteiger partial charge in [-0.25, -0.2) is 0 Å². The van der Waals surface area contributed by atoms with Crippen LogP contribution in [0.3, 0.4) is 0 Å². The molecular formula is C64H47N. The fourth-order valence-corrected chi connectivity index (χ4v) is 11.0. The highest BCUT2D eigenvalue weighted by atomic mass is 15.1. The van der Waals surface area contributed by atoms with E-state index in [1.807, 2.05) is 0 Å². The van der Waals surface area contributed by atoms with Gasteiger partial charge in [0.25, 0.3) is 0 Å². The summed E-state index contributed by atoms with van der Waals surface area (Å²) in [6.45, 7) is 4.78. The van der Waals surface area contributed by atoms with E-state index in [0.717, 1.165) is 17.1 Å². The van der Waals surface area contributed by atoms with Gasteiger partial charge >= 0.3 is 0 Å². The molecule has 10 aromatic rings. The van der Waals surface area contributed by atoms with Crippen LogP contribution in [0.2, 0.25) is 0 Å². The van der Waals surface area contributed by atoms with Gasteiger partial charge in [-0.2, -0.15) is 0 Å². The van der Waals surface area contributed by atoms with Gasteiger partial charge in [0, 0.05) is 22.5 Å². The third-order valence-corrected chi connectivity index (χ3v) is 14.2. The summed E-state index contributed by atoms with van der Waals surface area (Å²) in [5.74, 6) is 0. The lowest BCUT2D eigenvalue weighted by molar-refractivity contribution is 0.660. The van der Waals surface area contributed by atoms with E-state index in [2.05, 4.69) is 267 Å². The molecule has 0 aromatic heterocycles. The second kappa shape index (κ2) is 15.4. The summed E-state index contributed by atoms with van der Waals surface area (Å²) in [4.78, 5) is 2.47. The lowest BCUT2D eigenvalue weighted by Crippen LogP contribution is -2.28. The van der Waals surface area contributed by atoms with Crippen LogP contribution in [0.25, 0.3) is 55.6 Å². The fraction of sp³-hybridized carbons (Fsp3) is 0.0625. The van der Waals surface area contributed by atoms with Crippen molar-refractivity contribution in [3.63, 3.8) is 0 Å². The number of hydrogen-bond donors (Lipinski definition) is 0. The maximum absolute atomic E-state index is 2.48. The largest absolute Gasteiger partial charge is 0.310 e. The Bertz CT molecular complexity index is 3310. The maximum Gasteiger partial charge on any atom is 0.0714 e. The molecule has 0 aliphatic heterocycles. The predicted molar refractivity (Wildman–Crippen MR) is 272 cm³/mol. The summed E-state index contributed by atoms with van der Waals surface area (Å²) in [6, 6.07) is 92.0. The normalized spacial score (nSPS) is 13.6. The van der Waals surface area contributed by atoms with E-state index in [9.17, 15) is 0 Å². The average molecular weight is 830 g/mol. The standard InChI is InChI=1S/C64H47N/c1-63(2)60-41-49(48-29-27-46(28-30-48)44-17-7-3-8-18-44)33-38-56(60)57-39-36-53(42-61(57)63)65(52-34-31-47(32-35-52)45-19-9-4-10-20-45)54-37-40-58-55-25-15-16-26-59(55)64(62(58)43-54,50-21-11-5-12-22-50)51-23-13-6-14-24-51/h3-43H,1-2H3. The Balaban J connectivity index is 1.00. The Hall–Kier alpha value is -8.00. The van der Waals surface area contributed by atoms with Gasteiger partial charge in [0.2, 0.25) is 0 Å². The Labute approximate surface area is 382 Å². The second-order valence-electron chi connectivity index (χ2n) is 18.1. The highest BCUT2D eigenvalue weighted by molar-refractivity contribution is 5.91. The predicted octanol–water partition coefficient (Wildman–Crippen LogP) is 16.8. The van der Waals surface area contributed by atoms with Crippen LogP contribution in [-0.2, 0) is 10.8 Å². The first-order valence-corrected chi connectivity index (χ1v) is 22.7. The number of hydrogen-bond acceptors (Lipinski definition) is 1. The van der Waals surface area contributed by atoms with Crippen LogP contribution in [0.1, 0.15) is 47.2 Å². The molecule has 0 fully saturated rings. The van der Waals surface area contributed by atoms with Crippen molar-refractivity contribution in [1.82, 2.24) is 0 Å². The van der Waals surface area contributed by atoms with Crippen LogP contribution in [0.15, 0.2) is 249 Å². The van der Waals surface area contributed by atoms with Gasteiger partial charge in [-0.1, -0.05) is 220 Å². The van der Waals surface area contributed by atoms with E-state index in [4.69, 9.17) is 0 Å². The van der Waals surface area contributed by atoms with Gasteiger partial charge in [-0.3, -0.25) is 0 Å². The summed E-state index contributed by atoms with van der Waals surface area (Å²) in [5, 5.41) is 0. The van der Waals surface area contributed by atoms with E-state index in [-0.39, 0.29) is 5.41 Å². The minimum absolute atomic E-state index is 0.223. The van der Waals surface area contributed by atoms with Crippen LogP contribution in [0, 0.1) is 0 Å². The van der Waals surface area contributed by atoms with Crippen molar-refractivity contribution in [2.45, 2.75) is 24.7 Å². The van der Waals surface area contributed by atoms with Gasteiger partial charge < -0.3 is 4.90 Å².